The number of hydrogen-bond acceptors (Lipinski definition) is 3. The molecule has 0 bridgehead atoms. The molecule has 0 aliphatic carbocycles. The van der Waals surface area contributed by atoms with E-state index in [9.17, 15) is 8.42 Å². The number of aryl methyl sites for hydroxylation is 1. The van der Waals surface area contributed by atoms with Crippen molar-refractivity contribution in [2.45, 2.75) is 45.6 Å². The average Bonchev–Trinajstić information content (AvgIpc) is 2.37. The summed E-state index contributed by atoms with van der Waals surface area (Å²) in [7, 11) is -3.04. The van der Waals surface area contributed by atoms with Gasteiger partial charge in [0.2, 0.25) is 0 Å². The van der Waals surface area contributed by atoms with Crippen LogP contribution in [0.5, 0.6) is 0 Å². The zero-order valence-corrected chi connectivity index (χ0v) is 12.7. The first-order valence-corrected chi connectivity index (χ1v) is 8.85. The van der Waals surface area contributed by atoms with Crippen molar-refractivity contribution in [3.8, 4) is 0 Å². The fourth-order valence-corrected chi connectivity index (χ4v) is 3.67. The van der Waals surface area contributed by atoms with Crippen LogP contribution < -0.4 is 5.73 Å². The van der Waals surface area contributed by atoms with Gasteiger partial charge in [-0.1, -0.05) is 51.0 Å². The average molecular weight is 283 g/mol. The molecule has 4 heteroatoms. The molecule has 2 N–H and O–H groups in total. The number of nitrogens with two attached hydrogens (primary N) is 1. The number of sulfone groups is 1. The second-order valence-electron chi connectivity index (χ2n) is 5.07. The van der Waals surface area contributed by atoms with E-state index in [2.05, 4.69) is 6.92 Å². The predicted octanol–water partition coefficient (Wildman–Crippen LogP) is 2.85. The molecule has 1 aromatic rings. The summed E-state index contributed by atoms with van der Waals surface area (Å²) in [5, 5.41) is 0. The lowest BCUT2D eigenvalue weighted by Gasteiger charge is -2.13. The number of unbranched alkanes of at least 4 members (excludes halogenated alkanes) is 1. The Bertz CT molecular complexity index is 465. The third-order valence-corrected chi connectivity index (χ3v) is 4.97. The molecule has 0 amide bonds. The van der Waals surface area contributed by atoms with E-state index in [1.807, 2.05) is 31.2 Å². The second kappa shape index (κ2) is 7.65. The lowest BCUT2D eigenvalue weighted by Crippen LogP contribution is -2.23. The van der Waals surface area contributed by atoms with E-state index in [4.69, 9.17) is 5.73 Å². The van der Waals surface area contributed by atoms with Gasteiger partial charge in [0, 0.05) is 6.04 Å². The van der Waals surface area contributed by atoms with E-state index < -0.39 is 15.9 Å². The van der Waals surface area contributed by atoms with Crippen LogP contribution in [-0.2, 0) is 16.3 Å². The van der Waals surface area contributed by atoms with Gasteiger partial charge in [-0.25, -0.2) is 8.42 Å². The normalized spacial score (nSPS) is 13.4. The van der Waals surface area contributed by atoms with Crippen LogP contribution in [0.3, 0.4) is 0 Å². The molecule has 1 aromatic carbocycles. The maximum atomic E-state index is 11.9. The maximum absolute atomic E-state index is 11.9. The van der Waals surface area contributed by atoms with E-state index in [0.717, 1.165) is 24.8 Å². The van der Waals surface area contributed by atoms with Crippen LogP contribution in [0, 0.1) is 0 Å². The first-order valence-electron chi connectivity index (χ1n) is 7.03. The number of hydrogen-bond donors (Lipinski definition) is 1. The van der Waals surface area contributed by atoms with Crippen LogP contribution in [0.2, 0.25) is 0 Å². The minimum atomic E-state index is -3.04. The number of benzene rings is 1. The van der Waals surface area contributed by atoms with E-state index in [0.29, 0.717) is 6.42 Å². The summed E-state index contributed by atoms with van der Waals surface area (Å²) in [4.78, 5) is 0. The van der Waals surface area contributed by atoms with Gasteiger partial charge in [0.1, 0.15) is 0 Å². The van der Waals surface area contributed by atoms with E-state index in [1.54, 1.807) is 0 Å². The van der Waals surface area contributed by atoms with Crippen molar-refractivity contribution in [3.63, 3.8) is 0 Å². The van der Waals surface area contributed by atoms with Crippen LogP contribution in [0.1, 0.15) is 50.3 Å². The van der Waals surface area contributed by atoms with E-state index in [-0.39, 0.29) is 11.5 Å². The molecule has 0 saturated carbocycles. The molecule has 19 heavy (non-hydrogen) atoms. The third-order valence-electron chi connectivity index (χ3n) is 3.19. The Labute approximate surface area is 117 Å². The van der Waals surface area contributed by atoms with Crippen molar-refractivity contribution in [3.05, 3.63) is 35.4 Å². The summed E-state index contributed by atoms with van der Waals surface area (Å²) in [5.41, 5.74) is 8.17. The minimum absolute atomic E-state index is 0.0418. The summed E-state index contributed by atoms with van der Waals surface area (Å²) >= 11 is 0. The Hall–Kier alpha value is -0.870. The molecular weight excluding hydrogens is 258 g/mol. The van der Waals surface area contributed by atoms with Crippen molar-refractivity contribution in [1.29, 1.82) is 0 Å². The van der Waals surface area contributed by atoms with Crippen LogP contribution in [0.4, 0.5) is 0 Å². The minimum Gasteiger partial charge on any atom is -0.323 e. The Kier molecular flexibility index (Phi) is 6.52. The summed E-state index contributed by atoms with van der Waals surface area (Å²) in [6.45, 7) is 4.13. The Morgan fingerprint density at radius 3 is 2.26 bits per heavy atom. The predicted molar refractivity (Wildman–Crippen MR) is 80.9 cm³/mol. The molecule has 3 nitrogen and oxygen atoms in total. The molecule has 0 aliphatic heterocycles. The molecule has 0 heterocycles. The highest BCUT2D eigenvalue weighted by molar-refractivity contribution is 7.91. The van der Waals surface area contributed by atoms with Gasteiger partial charge in [-0.15, -0.1) is 0 Å². The monoisotopic (exact) mass is 283 g/mol. The van der Waals surface area contributed by atoms with E-state index in [1.165, 1.54) is 5.56 Å². The van der Waals surface area contributed by atoms with Crippen LogP contribution in [0.25, 0.3) is 0 Å². The topological polar surface area (TPSA) is 60.2 Å². The van der Waals surface area contributed by atoms with Gasteiger partial charge in [-0.3, -0.25) is 0 Å². The van der Waals surface area contributed by atoms with Gasteiger partial charge in [-0.2, -0.15) is 0 Å². The van der Waals surface area contributed by atoms with Crippen LogP contribution in [-0.4, -0.2) is 19.9 Å². The van der Waals surface area contributed by atoms with Crippen molar-refractivity contribution in [1.82, 2.24) is 0 Å². The molecule has 0 aromatic heterocycles. The maximum Gasteiger partial charge on any atom is 0.152 e. The Balaban J connectivity index is 2.64. The molecule has 0 radical (unpaired) electrons. The largest absolute Gasteiger partial charge is 0.323 e. The summed E-state index contributed by atoms with van der Waals surface area (Å²) in [5.74, 6) is 0.283. The summed E-state index contributed by atoms with van der Waals surface area (Å²) in [6.07, 6.45) is 3.76. The second-order valence-corrected chi connectivity index (χ2v) is 7.29. The Morgan fingerprint density at radius 1 is 1.11 bits per heavy atom. The fourth-order valence-electron chi connectivity index (χ4n) is 2.04. The first-order chi connectivity index (χ1) is 8.98. The van der Waals surface area contributed by atoms with Crippen LogP contribution >= 0.6 is 0 Å². The number of rotatable bonds is 8. The van der Waals surface area contributed by atoms with Crippen LogP contribution in [0.15, 0.2) is 24.3 Å². The molecule has 1 atom stereocenters. The lowest BCUT2D eigenvalue weighted by molar-refractivity contribution is 0.585. The molecule has 108 valence electrons. The molecule has 0 aliphatic rings. The van der Waals surface area contributed by atoms with Gasteiger partial charge in [-0.05, 0) is 24.0 Å². The quantitative estimate of drug-likeness (QED) is 0.798. The third kappa shape index (κ3) is 5.74. The van der Waals surface area contributed by atoms with Crippen molar-refractivity contribution >= 4 is 9.84 Å². The standard InChI is InChI=1S/C15H25NO2S/c1-3-5-11-19(17,18)12-15(16)14-9-7-13(6-4-2)8-10-14/h7-10,15H,3-6,11-12,16H2,1-2H3. The molecule has 0 fully saturated rings. The van der Waals surface area contributed by atoms with Crippen molar-refractivity contribution < 1.29 is 8.42 Å². The highest BCUT2D eigenvalue weighted by atomic mass is 32.2. The first kappa shape index (κ1) is 16.2. The van der Waals surface area contributed by atoms with Gasteiger partial charge >= 0.3 is 0 Å². The fraction of sp³-hybridized carbons (Fsp3) is 0.600. The zero-order chi connectivity index (χ0) is 14.3. The smallest absolute Gasteiger partial charge is 0.152 e. The molecular formula is C15H25NO2S. The van der Waals surface area contributed by atoms with Gasteiger partial charge < -0.3 is 5.73 Å². The van der Waals surface area contributed by atoms with E-state index >= 15 is 0 Å². The zero-order valence-electron chi connectivity index (χ0n) is 11.9. The van der Waals surface area contributed by atoms with Gasteiger partial charge in [0.05, 0.1) is 11.5 Å². The molecule has 0 spiro atoms. The van der Waals surface area contributed by atoms with Crippen molar-refractivity contribution in [2.24, 2.45) is 5.73 Å². The highest BCUT2D eigenvalue weighted by Gasteiger charge is 2.17. The molecule has 1 rings (SSSR count). The summed E-state index contributed by atoms with van der Waals surface area (Å²) in [6, 6.07) is 7.56. The lowest BCUT2D eigenvalue weighted by atomic mass is 10.0. The Morgan fingerprint density at radius 2 is 1.74 bits per heavy atom. The molecule has 1 unspecified atom stereocenters. The van der Waals surface area contributed by atoms with Crippen molar-refractivity contribution in [2.75, 3.05) is 11.5 Å². The highest BCUT2D eigenvalue weighted by Crippen LogP contribution is 2.15. The van der Waals surface area contributed by atoms with Gasteiger partial charge in [0.25, 0.3) is 0 Å². The van der Waals surface area contributed by atoms with Gasteiger partial charge in [0.15, 0.2) is 9.84 Å². The SMILES string of the molecule is CCCCS(=O)(=O)CC(N)c1ccc(CCC)cc1. The molecule has 0 saturated heterocycles. The summed E-state index contributed by atoms with van der Waals surface area (Å²) < 4.78 is 23.7.